The lowest BCUT2D eigenvalue weighted by molar-refractivity contribution is 0.0507. The molecule has 1 aliphatic heterocycles. The van der Waals surface area contributed by atoms with Crippen molar-refractivity contribution in [1.29, 1.82) is 0 Å². The summed E-state index contributed by atoms with van der Waals surface area (Å²) in [5.74, 6) is 1.56. The van der Waals surface area contributed by atoms with E-state index in [1.165, 1.54) is 0 Å². The first kappa shape index (κ1) is 20.6. The Morgan fingerprint density at radius 2 is 2.07 bits per heavy atom. The Hall–Kier alpha value is -3.10. The summed E-state index contributed by atoms with van der Waals surface area (Å²) in [6.45, 7) is 7.52. The van der Waals surface area contributed by atoms with Crippen LogP contribution < -0.4 is 10.6 Å². The van der Waals surface area contributed by atoms with Gasteiger partial charge in [0.25, 0.3) is 0 Å². The first-order valence-corrected chi connectivity index (χ1v) is 9.75. The Morgan fingerprint density at radius 3 is 2.76 bits per heavy atom. The van der Waals surface area contributed by atoms with E-state index in [9.17, 15) is 4.79 Å². The average molecular weight is 399 g/mol. The lowest BCUT2D eigenvalue weighted by Crippen LogP contribution is -2.44. The van der Waals surface area contributed by atoms with Crippen LogP contribution in [0, 0.1) is 0 Å². The minimum atomic E-state index is -0.505. The zero-order valence-electron chi connectivity index (χ0n) is 17.4. The Labute approximate surface area is 171 Å². The summed E-state index contributed by atoms with van der Waals surface area (Å²) in [5.41, 5.74) is 0.501. The maximum Gasteiger partial charge on any atom is 0.407 e. The number of nitrogens with one attached hydrogen (secondary N) is 2. The predicted molar refractivity (Wildman–Crippen MR) is 111 cm³/mol. The van der Waals surface area contributed by atoms with Crippen molar-refractivity contribution in [3.8, 4) is 5.69 Å². The van der Waals surface area contributed by atoms with Gasteiger partial charge in [0.05, 0.1) is 12.6 Å². The van der Waals surface area contributed by atoms with Gasteiger partial charge in [0, 0.05) is 25.8 Å². The molecule has 0 spiro atoms. The topological polar surface area (TPSA) is 96.7 Å². The number of carbonyl (C=O) groups is 1. The largest absolute Gasteiger partial charge is 0.444 e. The molecule has 1 aromatic carbocycles. The van der Waals surface area contributed by atoms with Crippen LogP contribution >= 0.6 is 0 Å². The molecule has 9 nitrogen and oxygen atoms in total. The van der Waals surface area contributed by atoms with E-state index in [4.69, 9.17) is 4.74 Å². The number of aromatic nitrogens is 3. The van der Waals surface area contributed by atoms with E-state index in [1.54, 1.807) is 13.4 Å². The Bertz CT molecular complexity index is 842. The predicted octanol–water partition coefficient (Wildman–Crippen LogP) is 1.94. The molecular weight excluding hydrogens is 370 g/mol. The number of guanidine groups is 1. The van der Waals surface area contributed by atoms with Crippen LogP contribution in [0.4, 0.5) is 4.79 Å². The molecule has 1 unspecified atom stereocenters. The molecule has 0 aliphatic carbocycles. The van der Waals surface area contributed by atoms with Crippen LogP contribution in [0.5, 0.6) is 0 Å². The third-order valence-electron chi connectivity index (χ3n) is 4.48. The quantitative estimate of drug-likeness (QED) is 0.602. The number of hydrogen-bond donors (Lipinski definition) is 2. The van der Waals surface area contributed by atoms with Crippen LogP contribution in [0.3, 0.4) is 0 Å². The molecule has 0 radical (unpaired) electrons. The van der Waals surface area contributed by atoms with E-state index in [0.717, 1.165) is 30.4 Å². The van der Waals surface area contributed by atoms with Crippen molar-refractivity contribution in [1.82, 2.24) is 30.3 Å². The van der Waals surface area contributed by atoms with E-state index in [1.807, 2.05) is 55.7 Å². The summed E-state index contributed by atoms with van der Waals surface area (Å²) in [4.78, 5) is 18.5. The number of likely N-dealkylation sites (tertiary alicyclic amines) is 1. The summed E-state index contributed by atoms with van der Waals surface area (Å²) in [6.07, 6.45) is 2.15. The number of benzene rings is 1. The average Bonchev–Trinajstić information content (AvgIpc) is 3.31. The van der Waals surface area contributed by atoms with Gasteiger partial charge in [0.15, 0.2) is 11.8 Å². The fourth-order valence-electron chi connectivity index (χ4n) is 3.22. The van der Waals surface area contributed by atoms with Crippen LogP contribution in [0.25, 0.3) is 5.69 Å². The van der Waals surface area contributed by atoms with E-state index in [-0.39, 0.29) is 12.1 Å². The SMILES string of the molecule is CN=C(NCc1nncn1-c1ccccc1)N1CCC(NC(=O)OC(C)(C)C)C1. The highest BCUT2D eigenvalue weighted by Crippen LogP contribution is 2.13. The van der Waals surface area contributed by atoms with Crippen molar-refractivity contribution in [3.63, 3.8) is 0 Å². The van der Waals surface area contributed by atoms with Crippen LogP contribution in [-0.2, 0) is 11.3 Å². The summed E-state index contributed by atoms with van der Waals surface area (Å²) in [7, 11) is 1.75. The summed E-state index contributed by atoms with van der Waals surface area (Å²) in [6, 6.07) is 9.98. The molecule has 1 fully saturated rings. The van der Waals surface area contributed by atoms with E-state index >= 15 is 0 Å². The zero-order chi connectivity index (χ0) is 20.9. The highest BCUT2D eigenvalue weighted by Gasteiger charge is 2.28. The molecule has 1 aliphatic rings. The molecule has 1 atom stereocenters. The summed E-state index contributed by atoms with van der Waals surface area (Å²) < 4.78 is 7.28. The molecule has 0 bridgehead atoms. The molecule has 29 heavy (non-hydrogen) atoms. The van der Waals surface area contributed by atoms with Crippen molar-refractivity contribution < 1.29 is 9.53 Å². The Morgan fingerprint density at radius 1 is 1.31 bits per heavy atom. The first-order chi connectivity index (χ1) is 13.9. The Balaban J connectivity index is 1.55. The van der Waals surface area contributed by atoms with E-state index in [2.05, 4.69) is 30.7 Å². The number of ether oxygens (including phenoxy) is 1. The number of para-hydroxylation sites is 1. The second-order valence-corrected chi connectivity index (χ2v) is 7.93. The number of rotatable bonds is 4. The second kappa shape index (κ2) is 8.93. The van der Waals surface area contributed by atoms with Gasteiger partial charge >= 0.3 is 6.09 Å². The van der Waals surface area contributed by atoms with Gasteiger partial charge < -0.3 is 20.3 Å². The number of carbonyl (C=O) groups excluding carboxylic acids is 1. The maximum absolute atomic E-state index is 12.0. The fourth-order valence-corrected chi connectivity index (χ4v) is 3.22. The van der Waals surface area contributed by atoms with E-state index < -0.39 is 5.60 Å². The van der Waals surface area contributed by atoms with Gasteiger partial charge in [-0.1, -0.05) is 18.2 Å². The highest BCUT2D eigenvalue weighted by molar-refractivity contribution is 5.80. The molecule has 1 aromatic heterocycles. The maximum atomic E-state index is 12.0. The number of aliphatic imine (C=N–C) groups is 1. The molecule has 2 N–H and O–H groups in total. The highest BCUT2D eigenvalue weighted by atomic mass is 16.6. The first-order valence-electron chi connectivity index (χ1n) is 9.75. The third-order valence-corrected chi connectivity index (χ3v) is 4.48. The smallest absolute Gasteiger partial charge is 0.407 e. The zero-order valence-corrected chi connectivity index (χ0v) is 17.4. The normalized spacial score (nSPS) is 17.3. The minimum Gasteiger partial charge on any atom is -0.444 e. The monoisotopic (exact) mass is 399 g/mol. The van der Waals surface area contributed by atoms with Gasteiger partial charge in [-0.3, -0.25) is 9.56 Å². The fraction of sp³-hybridized carbons (Fsp3) is 0.500. The Kier molecular flexibility index (Phi) is 6.36. The number of nitrogens with zero attached hydrogens (tertiary/aromatic N) is 5. The summed E-state index contributed by atoms with van der Waals surface area (Å²) in [5, 5.41) is 14.5. The number of hydrogen-bond acceptors (Lipinski definition) is 5. The molecule has 9 heteroatoms. The van der Waals surface area contributed by atoms with Gasteiger partial charge in [-0.25, -0.2) is 4.79 Å². The molecular formula is C20H29N7O2. The van der Waals surface area contributed by atoms with Crippen LogP contribution in [-0.4, -0.2) is 63.5 Å². The molecule has 1 saturated heterocycles. The van der Waals surface area contributed by atoms with Crippen LogP contribution in [0.2, 0.25) is 0 Å². The van der Waals surface area contributed by atoms with Crippen LogP contribution in [0.1, 0.15) is 33.0 Å². The molecule has 156 valence electrons. The van der Waals surface area contributed by atoms with Crippen molar-refractivity contribution in [3.05, 3.63) is 42.5 Å². The van der Waals surface area contributed by atoms with Crippen molar-refractivity contribution in [2.75, 3.05) is 20.1 Å². The lowest BCUT2D eigenvalue weighted by Gasteiger charge is -2.23. The van der Waals surface area contributed by atoms with Gasteiger partial charge in [-0.15, -0.1) is 10.2 Å². The standard InChI is InChI=1S/C20H29N7O2/c1-20(2,3)29-19(28)24-15-10-11-26(13-15)18(21-4)22-12-17-25-23-14-27(17)16-8-6-5-7-9-16/h5-9,14-15H,10-13H2,1-4H3,(H,21,22)(H,24,28). The van der Waals surface area contributed by atoms with E-state index in [0.29, 0.717) is 13.1 Å². The molecule has 3 rings (SSSR count). The minimum absolute atomic E-state index is 0.0244. The number of amides is 1. The molecule has 0 saturated carbocycles. The molecule has 2 aromatic rings. The van der Waals surface area contributed by atoms with Gasteiger partial charge in [0.1, 0.15) is 11.9 Å². The third kappa shape index (κ3) is 5.69. The number of alkyl carbamates (subject to hydrolysis) is 1. The molecule has 1 amide bonds. The van der Waals surface area contributed by atoms with Gasteiger partial charge in [0.2, 0.25) is 0 Å². The van der Waals surface area contributed by atoms with Crippen molar-refractivity contribution in [2.24, 2.45) is 4.99 Å². The van der Waals surface area contributed by atoms with Crippen molar-refractivity contribution >= 4 is 12.1 Å². The second-order valence-electron chi connectivity index (χ2n) is 7.93. The van der Waals surface area contributed by atoms with Gasteiger partial charge in [-0.05, 0) is 39.3 Å². The summed E-state index contributed by atoms with van der Waals surface area (Å²) >= 11 is 0. The van der Waals surface area contributed by atoms with Crippen LogP contribution in [0.15, 0.2) is 41.7 Å². The molecule has 2 heterocycles. The van der Waals surface area contributed by atoms with Gasteiger partial charge in [-0.2, -0.15) is 0 Å². The lowest BCUT2D eigenvalue weighted by atomic mass is 10.2. The van der Waals surface area contributed by atoms with Crippen molar-refractivity contribution in [2.45, 2.75) is 45.4 Å².